The number of aryl methyl sites for hydroxylation is 2. The van der Waals surface area contributed by atoms with Crippen molar-refractivity contribution in [3.8, 4) is 5.40 Å². The van der Waals surface area contributed by atoms with E-state index in [0.717, 1.165) is 0 Å². The lowest BCUT2D eigenvalue weighted by Crippen LogP contribution is -2.33. The molecule has 13 heavy (non-hydrogen) atoms. The molecular formula is C9H14N2S2. The molecular weight excluding hydrogens is 200 g/mol. The van der Waals surface area contributed by atoms with Crippen LogP contribution in [0, 0.1) is 17.6 Å². The Morgan fingerprint density at radius 1 is 1.69 bits per heavy atom. The Labute approximate surface area is 89.2 Å². The van der Waals surface area contributed by atoms with Crippen LogP contribution in [-0.2, 0) is 19.2 Å². The molecule has 0 saturated heterocycles. The summed E-state index contributed by atoms with van der Waals surface area (Å²) in [6.45, 7) is 5.57. The molecule has 1 heterocycles. The van der Waals surface area contributed by atoms with Gasteiger partial charge in [0.25, 0.3) is 0 Å². The number of unbranched alkanes of at least 4 members (excludes halogenated alkanes) is 1. The summed E-state index contributed by atoms with van der Waals surface area (Å²) in [4.78, 5) is 0. The van der Waals surface area contributed by atoms with Gasteiger partial charge in [0, 0.05) is 13.3 Å². The van der Waals surface area contributed by atoms with Gasteiger partial charge in [-0.1, -0.05) is 30.1 Å². The maximum atomic E-state index is 7.13. The lowest BCUT2D eigenvalue weighted by molar-refractivity contribution is -0.698. The van der Waals surface area contributed by atoms with Crippen molar-refractivity contribution in [1.82, 2.24) is 0 Å². The average molecular weight is 214 g/mol. The summed E-state index contributed by atoms with van der Waals surface area (Å²) >= 11 is 5.48. The van der Waals surface area contributed by atoms with E-state index in [0.29, 0.717) is 0 Å². The summed E-state index contributed by atoms with van der Waals surface area (Å²) in [6, 6.07) is 0. The molecule has 1 aromatic heterocycles. The van der Waals surface area contributed by atoms with Gasteiger partial charge in [0.05, 0.1) is 5.38 Å². The number of thiocyanates is 1. The molecule has 0 aliphatic carbocycles. The summed E-state index contributed by atoms with van der Waals surface area (Å²) in [5.41, 5.74) is 3.57. The Morgan fingerprint density at radius 3 is 2.69 bits per heavy atom. The van der Waals surface area contributed by atoms with E-state index in [-0.39, 0.29) is 0 Å². The smallest absolute Gasteiger partial charge is 0.224 e. The van der Waals surface area contributed by atoms with Crippen LogP contribution < -0.4 is 4.57 Å². The fourth-order valence-corrected chi connectivity index (χ4v) is 1.72. The second-order valence-corrected chi connectivity index (χ2v) is 3.54. The molecule has 4 heteroatoms. The van der Waals surface area contributed by atoms with Gasteiger partial charge in [-0.25, -0.2) is 5.26 Å². The van der Waals surface area contributed by atoms with Gasteiger partial charge in [-0.3, -0.25) is 0 Å². The molecule has 0 aromatic carbocycles. The molecule has 0 radical (unpaired) electrons. The first-order valence-corrected chi connectivity index (χ1v) is 5.54. The van der Waals surface area contributed by atoms with E-state index in [9.17, 15) is 0 Å². The maximum Gasteiger partial charge on any atom is 0.224 e. The summed E-state index contributed by atoms with van der Waals surface area (Å²) in [5.74, 6) is 0. The monoisotopic (exact) mass is 214 g/mol. The van der Waals surface area contributed by atoms with Crippen LogP contribution in [-0.4, -0.2) is 0 Å². The van der Waals surface area contributed by atoms with Gasteiger partial charge < -0.3 is 12.6 Å². The van der Waals surface area contributed by atoms with Crippen molar-refractivity contribution in [2.75, 3.05) is 0 Å². The van der Waals surface area contributed by atoms with E-state index in [1.807, 2.05) is 0 Å². The minimum atomic E-state index is 1.19. The zero-order chi connectivity index (χ0) is 10.1. The number of nitrogens with zero attached hydrogens (tertiary/aromatic N) is 2. The van der Waals surface area contributed by atoms with E-state index in [1.54, 1.807) is 11.3 Å². The quantitative estimate of drug-likeness (QED) is 0.438. The minimum Gasteiger partial charge on any atom is -0.696 e. The first-order valence-electron chi connectivity index (χ1n) is 4.19. The van der Waals surface area contributed by atoms with Crippen molar-refractivity contribution in [3.05, 3.63) is 16.6 Å². The van der Waals surface area contributed by atoms with Gasteiger partial charge in [-0.05, 0) is 0 Å². The molecule has 0 saturated carbocycles. The molecule has 0 aliphatic heterocycles. The van der Waals surface area contributed by atoms with Gasteiger partial charge in [0.15, 0.2) is 5.69 Å². The molecule has 0 atom stereocenters. The van der Waals surface area contributed by atoms with Crippen LogP contribution in [0.15, 0.2) is 10.9 Å². The Hall–Kier alpha value is -0.660. The van der Waals surface area contributed by atoms with Crippen molar-refractivity contribution in [1.29, 1.82) is 5.26 Å². The number of aromatic nitrogens is 1. The highest BCUT2D eigenvalue weighted by Gasteiger charge is 2.03. The zero-order valence-corrected chi connectivity index (χ0v) is 9.62. The van der Waals surface area contributed by atoms with Gasteiger partial charge in [-0.2, -0.15) is 4.57 Å². The van der Waals surface area contributed by atoms with Crippen molar-refractivity contribution in [2.45, 2.75) is 33.2 Å². The van der Waals surface area contributed by atoms with Crippen molar-refractivity contribution < 1.29 is 4.57 Å². The normalized spacial score (nSPS) is 8.38. The van der Waals surface area contributed by atoms with Gasteiger partial charge in [0.1, 0.15) is 6.54 Å². The molecule has 0 fully saturated rings. The average Bonchev–Trinajstić information content (AvgIpc) is 2.49. The molecule has 0 amide bonds. The minimum absolute atomic E-state index is 1.19. The van der Waals surface area contributed by atoms with Crippen LogP contribution in [0.3, 0.4) is 0 Å². The molecule has 0 aliphatic rings. The summed E-state index contributed by atoms with van der Waals surface area (Å²) in [6.07, 6.45) is 2.57. The summed E-state index contributed by atoms with van der Waals surface area (Å²) < 4.78 is 2.31. The van der Waals surface area contributed by atoms with Crippen LogP contribution in [0.2, 0.25) is 0 Å². The summed E-state index contributed by atoms with van der Waals surface area (Å²) in [5, 5.41) is 10.7. The molecule has 0 bridgehead atoms. The number of rotatable bonds is 3. The number of hydrogen-bond acceptors (Lipinski definition) is 3. The predicted molar refractivity (Wildman–Crippen MR) is 57.1 cm³/mol. The second-order valence-electron chi connectivity index (χ2n) is 2.64. The Morgan fingerprint density at radius 2 is 2.31 bits per heavy atom. The van der Waals surface area contributed by atoms with Crippen LogP contribution >= 0.6 is 11.3 Å². The van der Waals surface area contributed by atoms with Gasteiger partial charge in [0.2, 0.25) is 5.51 Å². The molecule has 0 spiro atoms. The van der Waals surface area contributed by atoms with Crippen LogP contribution in [0.1, 0.15) is 25.5 Å². The Kier molecular flexibility index (Phi) is 7.56. The predicted octanol–water partition coefficient (Wildman–Crippen LogP) is 2.16. The second kappa shape index (κ2) is 7.96. The van der Waals surface area contributed by atoms with E-state index in [4.69, 9.17) is 5.26 Å². The van der Waals surface area contributed by atoms with E-state index >= 15 is 0 Å². The molecule has 1 rings (SSSR count). The first-order chi connectivity index (χ1) is 6.26. The molecule has 1 aromatic rings. The van der Waals surface area contributed by atoms with E-state index < -0.39 is 0 Å². The van der Waals surface area contributed by atoms with E-state index in [1.165, 1.54) is 30.5 Å². The Balaban J connectivity index is 0.000000424. The molecule has 2 nitrogen and oxygen atoms in total. The molecule has 0 unspecified atom stereocenters. The number of nitriles is 1. The highest BCUT2D eigenvalue weighted by Crippen LogP contribution is 1.97. The Bertz CT molecular complexity index is 263. The van der Waals surface area contributed by atoms with Crippen LogP contribution in [0.4, 0.5) is 0 Å². The van der Waals surface area contributed by atoms with Gasteiger partial charge >= 0.3 is 0 Å². The zero-order valence-electron chi connectivity index (χ0n) is 7.99. The SMILES string of the molecule is CCCC[n+]1cscc1C.N#C[S-]. The summed E-state index contributed by atoms with van der Waals surface area (Å²) in [7, 11) is 0. The third-order valence-corrected chi connectivity index (χ3v) is 2.49. The molecule has 0 N–H and O–H groups in total. The lowest BCUT2D eigenvalue weighted by atomic mass is 10.3. The van der Waals surface area contributed by atoms with Crippen LogP contribution in [0.25, 0.3) is 0 Å². The fraction of sp³-hybridized carbons (Fsp3) is 0.556. The number of hydrogen-bond donors (Lipinski definition) is 0. The fourth-order valence-electron chi connectivity index (χ4n) is 0.911. The highest BCUT2D eigenvalue weighted by molar-refractivity contribution is 7.64. The van der Waals surface area contributed by atoms with Gasteiger partial charge in [-0.15, -0.1) is 0 Å². The highest BCUT2D eigenvalue weighted by atomic mass is 32.1. The van der Waals surface area contributed by atoms with Crippen molar-refractivity contribution in [2.24, 2.45) is 0 Å². The van der Waals surface area contributed by atoms with Crippen molar-refractivity contribution in [3.63, 3.8) is 0 Å². The number of thiazole rings is 1. The first kappa shape index (κ1) is 12.3. The maximum absolute atomic E-state index is 7.13. The lowest BCUT2D eigenvalue weighted by Gasteiger charge is -1.90. The largest absolute Gasteiger partial charge is 0.696 e. The van der Waals surface area contributed by atoms with E-state index in [2.05, 4.69) is 41.9 Å². The topological polar surface area (TPSA) is 27.7 Å². The molecule has 72 valence electrons. The van der Waals surface area contributed by atoms with Crippen LogP contribution in [0.5, 0.6) is 0 Å². The third kappa shape index (κ3) is 5.56. The third-order valence-electron chi connectivity index (χ3n) is 1.63. The van der Waals surface area contributed by atoms with Crippen molar-refractivity contribution >= 4 is 24.0 Å². The standard InChI is InChI=1S/C8H14NS.CHNS/c1-3-4-5-9-7-10-6-8(9)2;2-1-3/h6-7H,3-5H2,1-2H3;3H/q+1;/p-1.